The van der Waals surface area contributed by atoms with E-state index >= 15 is 0 Å². The first-order valence-electron chi connectivity index (χ1n) is 4.65. The van der Waals surface area contributed by atoms with Crippen LogP contribution in [0.5, 0.6) is 5.75 Å². The molecule has 0 heterocycles. The topological polar surface area (TPSA) is 47.6 Å². The molecule has 1 aromatic carbocycles. The number of nitrogens with one attached hydrogen (secondary N) is 1. The number of hydrogen-bond donors (Lipinski definition) is 1. The van der Waals surface area contributed by atoms with Crippen LogP contribution in [-0.4, -0.2) is 26.7 Å². The van der Waals surface area contributed by atoms with Gasteiger partial charge >= 0.3 is 0 Å². The van der Waals surface area contributed by atoms with Gasteiger partial charge in [0.15, 0.2) is 0 Å². The van der Waals surface area contributed by atoms with Crippen molar-refractivity contribution in [1.82, 2.24) is 5.32 Å². The zero-order valence-corrected chi connectivity index (χ0v) is 8.95. The molecule has 0 spiro atoms. The van der Waals surface area contributed by atoms with Crippen LogP contribution in [0.25, 0.3) is 0 Å². The Labute approximate surface area is 89.2 Å². The van der Waals surface area contributed by atoms with Crippen molar-refractivity contribution < 1.29 is 14.3 Å². The molecule has 0 aliphatic rings. The molecule has 1 rings (SSSR count). The molecule has 4 nitrogen and oxygen atoms in total. The van der Waals surface area contributed by atoms with Gasteiger partial charge in [-0.25, -0.2) is 0 Å². The van der Waals surface area contributed by atoms with E-state index in [1.165, 1.54) is 7.11 Å². The van der Waals surface area contributed by atoms with Crippen LogP contribution >= 0.6 is 0 Å². The van der Waals surface area contributed by atoms with Crippen LogP contribution in [-0.2, 0) is 16.1 Å². The highest BCUT2D eigenvalue weighted by atomic mass is 16.5. The lowest BCUT2D eigenvalue weighted by Crippen LogP contribution is -2.26. The number of methoxy groups -OCH3 is 2. The van der Waals surface area contributed by atoms with Gasteiger partial charge in [-0.05, 0) is 17.7 Å². The average molecular weight is 209 g/mol. The minimum absolute atomic E-state index is 0.0873. The molecule has 4 heteroatoms. The Bertz CT molecular complexity index is 325. The first kappa shape index (κ1) is 11.5. The second kappa shape index (κ2) is 6.03. The maximum absolute atomic E-state index is 11.1. The normalized spacial score (nSPS) is 9.73. The summed E-state index contributed by atoms with van der Waals surface area (Å²) in [7, 11) is 3.10. The van der Waals surface area contributed by atoms with Crippen LogP contribution in [0.3, 0.4) is 0 Å². The molecule has 0 bridgehead atoms. The summed E-state index contributed by atoms with van der Waals surface area (Å²) in [6, 6.07) is 7.56. The van der Waals surface area contributed by atoms with E-state index in [0.717, 1.165) is 11.3 Å². The maximum atomic E-state index is 11.1. The molecular weight excluding hydrogens is 194 g/mol. The highest BCUT2D eigenvalue weighted by molar-refractivity contribution is 5.77. The molecule has 1 N–H and O–H groups in total. The number of carbonyl (C=O) groups is 1. The second-order valence-corrected chi connectivity index (χ2v) is 3.06. The van der Waals surface area contributed by atoms with Gasteiger partial charge < -0.3 is 14.8 Å². The van der Waals surface area contributed by atoms with Crippen molar-refractivity contribution >= 4 is 5.91 Å². The smallest absolute Gasteiger partial charge is 0.246 e. The molecule has 0 aromatic heterocycles. The van der Waals surface area contributed by atoms with Gasteiger partial charge in [-0.1, -0.05) is 12.1 Å². The summed E-state index contributed by atoms with van der Waals surface area (Å²) in [6.07, 6.45) is 0. The van der Waals surface area contributed by atoms with Crippen molar-refractivity contribution in [1.29, 1.82) is 0 Å². The third-order valence-electron chi connectivity index (χ3n) is 1.90. The van der Waals surface area contributed by atoms with Crippen molar-refractivity contribution in [3.8, 4) is 5.75 Å². The number of hydrogen-bond acceptors (Lipinski definition) is 3. The van der Waals surface area contributed by atoms with Gasteiger partial charge in [0.1, 0.15) is 12.4 Å². The van der Waals surface area contributed by atoms with Crippen LogP contribution in [0.15, 0.2) is 24.3 Å². The molecule has 0 radical (unpaired) electrons. The third kappa shape index (κ3) is 3.99. The maximum Gasteiger partial charge on any atom is 0.246 e. The van der Waals surface area contributed by atoms with E-state index in [-0.39, 0.29) is 12.5 Å². The van der Waals surface area contributed by atoms with E-state index in [1.807, 2.05) is 24.3 Å². The molecule has 0 fully saturated rings. The molecule has 1 aromatic rings. The van der Waals surface area contributed by atoms with Crippen LogP contribution in [0, 0.1) is 0 Å². The summed E-state index contributed by atoms with van der Waals surface area (Å²) in [5.41, 5.74) is 0.999. The number of rotatable bonds is 5. The van der Waals surface area contributed by atoms with Crippen molar-refractivity contribution in [2.75, 3.05) is 20.8 Å². The van der Waals surface area contributed by atoms with E-state index in [1.54, 1.807) is 7.11 Å². The van der Waals surface area contributed by atoms with Crippen LogP contribution in [0.2, 0.25) is 0 Å². The molecule has 0 saturated carbocycles. The van der Waals surface area contributed by atoms with Gasteiger partial charge in [0.25, 0.3) is 0 Å². The van der Waals surface area contributed by atoms with Crippen molar-refractivity contribution in [2.24, 2.45) is 0 Å². The first-order chi connectivity index (χ1) is 7.26. The Morgan fingerprint density at radius 2 is 2.20 bits per heavy atom. The SMILES string of the molecule is COCC(=O)NCc1cccc(OC)c1. The number of carbonyl (C=O) groups excluding carboxylic acids is 1. The van der Waals surface area contributed by atoms with Gasteiger partial charge in [-0.2, -0.15) is 0 Å². The molecule has 82 valence electrons. The van der Waals surface area contributed by atoms with E-state index in [2.05, 4.69) is 5.32 Å². The fraction of sp³-hybridized carbons (Fsp3) is 0.364. The minimum atomic E-state index is -0.125. The molecule has 0 aliphatic heterocycles. The standard InChI is InChI=1S/C11H15NO3/c1-14-8-11(13)12-7-9-4-3-5-10(6-9)15-2/h3-6H,7-8H2,1-2H3,(H,12,13). The van der Waals surface area contributed by atoms with Gasteiger partial charge in [-0.15, -0.1) is 0 Å². The summed E-state index contributed by atoms with van der Waals surface area (Å²) in [5.74, 6) is 0.661. The predicted octanol–water partition coefficient (Wildman–Crippen LogP) is 0.958. The van der Waals surface area contributed by atoms with Crippen molar-refractivity contribution in [3.63, 3.8) is 0 Å². The lowest BCUT2D eigenvalue weighted by atomic mass is 10.2. The fourth-order valence-corrected chi connectivity index (χ4v) is 1.17. The molecule has 0 aliphatic carbocycles. The van der Waals surface area contributed by atoms with E-state index in [0.29, 0.717) is 6.54 Å². The Morgan fingerprint density at radius 3 is 2.87 bits per heavy atom. The summed E-state index contributed by atoms with van der Waals surface area (Å²) >= 11 is 0. The van der Waals surface area contributed by atoms with E-state index < -0.39 is 0 Å². The number of amides is 1. The van der Waals surface area contributed by atoms with Gasteiger partial charge in [0, 0.05) is 13.7 Å². The highest BCUT2D eigenvalue weighted by Crippen LogP contribution is 2.11. The monoisotopic (exact) mass is 209 g/mol. The van der Waals surface area contributed by atoms with Gasteiger partial charge in [-0.3, -0.25) is 4.79 Å². The van der Waals surface area contributed by atoms with Gasteiger partial charge in [0.2, 0.25) is 5.91 Å². The Kier molecular flexibility index (Phi) is 4.63. The minimum Gasteiger partial charge on any atom is -0.497 e. The van der Waals surface area contributed by atoms with Gasteiger partial charge in [0.05, 0.1) is 7.11 Å². The molecule has 15 heavy (non-hydrogen) atoms. The van der Waals surface area contributed by atoms with Crippen molar-refractivity contribution in [2.45, 2.75) is 6.54 Å². The van der Waals surface area contributed by atoms with Crippen LogP contribution < -0.4 is 10.1 Å². The fourth-order valence-electron chi connectivity index (χ4n) is 1.17. The summed E-state index contributed by atoms with van der Waals surface area (Å²) in [4.78, 5) is 11.1. The van der Waals surface area contributed by atoms with E-state index in [4.69, 9.17) is 9.47 Å². The highest BCUT2D eigenvalue weighted by Gasteiger charge is 2.00. The zero-order chi connectivity index (χ0) is 11.1. The molecule has 0 unspecified atom stereocenters. The summed E-state index contributed by atoms with van der Waals surface area (Å²) in [6.45, 7) is 0.573. The Morgan fingerprint density at radius 1 is 1.40 bits per heavy atom. The Hall–Kier alpha value is -1.55. The largest absolute Gasteiger partial charge is 0.497 e. The zero-order valence-electron chi connectivity index (χ0n) is 8.95. The molecule has 0 atom stereocenters. The van der Waals surface area contributed by atoms with Crippen molar-refractivity contribution in [3.05, 3.63) is 29.8 Å². The van der Waals surface area contributed by atoms with Crippen LogP contribution in [0.4, 0.5) is 0 Å². The lowest BCUT2D eigenvalue weighted by Gasteiger charge is -2.06. The van der Waals surface area contributed by atoms with Crippen LogP contribution in [0.1, 0.15) is 5.56 Å². The number of ether oxygens (including phenoxy) is 2. The average Bonchev–Trinajstić information content (AvgIpc) is 2.27. The molecular formula is C11H15NO3. The second-order valence-electron chi connectivity index (χ2n) is 3.06. The van der Waals surface area contributed by atoms with E-state index in [9.17, 15) is 4.79 Å². The quantitative estimate of drug-likeness (QED) is 0.785. The summed E-state index contributed by atoms with van der Waals surface area (Å²) < 4.78 is 9.77. The third-order valence-corrected chi connectivity index (χ3v) is 1.90. The lowest BCUT2D eigenvalue weighted by molar-refractivity contribution is -0.124. The Balaban J connectivity index is 2.46. The number of benzene rings is 1. The first-order valence-corrected chi connectivity index (χ1v) is 4.65. The summed E-state index contributed by atoms with van der Waals surface area (Å²) in [5, 5.41) is 2.73. The predicted molar refractivity (Wildman–Crippen MR) is 56.7 cm³/mol. The molecule has 0 saturated heterocycles. The molecule has 1 amide bonds.